The van der Waals surface area contributed by atoms with E-state index < -0.39 is 0 Å². The average molecular weight is 272 g/mol. The summed E-state index contributed by atoms with van der Waals surface area (Å²) < 4.78 is 0.485. The molecule has 0 amide bonds. The quantitative estimate of drug-likeness (QED) is 0.687. The van der Waals surface area contributed by atoms with E-state index in [0.29, 0.717) is 27.2 Å². The summed E-state index contributed by atoms with van der Waals surface area (Å²) in [7, 11) is 0. The van der Waals surface area contributed by atoms with Gasteiger partial charge in [0.15, 0.2) is 5.78 Å². The lowest BCUT2D eigenvalue weighted by Crippen LogP contribution is -2.10. The van der Waals surface area contributed by atoms with Crippen molar-refractivity contribution in [2.75, 3.05) is 0 Å². The second kappa shape index (κ2) is 3.47. The zero-order chi connectivity index (χ0) is 10.3. The molecule has 0 spiro atoms. The smallest absolute Gasteiger partial charge is 0.222 e. The average Bonchev–Trinajstić information content (AvgIpc) is 2.40. The second-order valence-electron chi connectivity index (χ2n) is 2.84. The fourth-order valence-electron chi connectivity index (χ4n) is 1.40. The third kappa shape index (κ3) is 1.40. The van der Waals surface area contributed by atoms with Crippen LogP contribution in [-0.2, 0) is 9.59 Å². The van der Waals surface area contributed by atoms with E-state index in [-0.39, 0.29) is 10.9 Å². The van der Waals surface area contributed by atoms with Crippen LogP contribution in [0.5, 0.6) is 0 Å². The number of halogens is 1. The molecule has 5 heteroatoms. The molecule has 0 N–H and O–H groups in total. The highest BCUT2D eigenvalue weighted by Crippen LogP contribution is 2.35. The molecule has 72 valence electrons. The number of carbonyl (C=O) groups is 2. The minimum Gasteiger partial charge on any atom is -0.289 e. The van der Waals surface area contributed by atoms with Gasteiger partial charge in [0.05, 0.1) is 5.57 Å². The van der Waals surface area contributed by atoms with Crippen LogP contribution in [0.15, 0.2) is 26.8 Å². The van der Waals surface area contributed by atoms with E-state index >= 15 is 0 Å². The van der Waals surface area contributed by atoms with Crippen molar-refractivity contribution in [3.05, 3.63) is 21.8 Å². The molecule has 3 nitrogen and oxygen atoms in total. The standard InChI is InChI=1S/C9H6BrNO2S/c1-2-4-7-5(12)3-6(10)11-8(7)14-9(4)13/h3H,2H2,1H3. The summed E-state index contributed by atoms with van der Waals surface area (Å²) >= 11 is 4.17. The highest BCUT2D eigenvalue weighted by molar-refractivity contribution is 9.11. The van der Waals surface area contributed by atoms with E-state index in [1.165, 1.54) is 6.08 Å². The molecule has 2 aliphatic rings. The Morgan fingerprint density at radius 3 is 2.86 bits per heavy atom. The summed E-state index contributed by atoms with van der Waals surface area (Å²) in [5, 5.41) is 0.483. The van der Waals surface area contributed by atoms with Crippen LogP contribution in [0.1, 0.15) is 13.3 Å². The first-order valence-corrected chi connectivity index (χ1v) is 5.70. The summed E-state index contributed by atoms with van der Waals surface area (Å²) in [6.07, 6.45) is 1.98. The lowest BCUT2D eigenvalue weighted by Gasteiger charge is -2.05. The molecule has 0 aromatic carbocycles. The normalized spacial score (nSPS) is 21.0. The Morgan fingerprint density at radius 1 is 1.50 bits per heavy atom. The molecule has 2 aliphatic heterocycles. The zero-order valence-corrected chi connectivity index (χ0v) is 9.74. The van der Waals surface area contributed by atoms with E-state index in [9.17, 15) is 9.59 Å². The van der Waals surface area contributed by atoms with Gasteiger partial charge in [-0.2, -0.15) is 0 Å². The highest BCUT2D eigenvalue weighted by Gasteiger charge is 2.34. The molecule has 0 unspecified atom stereocenters. The van der Waals surface area contributed by atoms with Crippen molar-refractivity contribution in [2.24, 2.45) is 4.99 Å². The topological polar surface area (TPSA) is 46.5 Å². The lowest BCUT2D eigenvalue weighted by atomic mass is 10.0. The number of hydrogen-bond acceptors (Lipinski definition) is 4. The Bertz CT molecular complexity index is 434. The molecule has 0 fully saturated rings. The van der Waals surface area contributed by atoms with Crippen LogP contribution >= 0.6 is 27.7 Å². The molecular weight excluding hydrogens is 266 g/mol. The molecule has 0 bridgehead atoms. The van der Waals surface area contributed by atoms with Crippen molar-refractivity contribution in [1.29, 1.82) is 0 Å². The van der Waals surface area contributed by atoms with Crippen molar-refractivity contribution < 1.29 is 9.59 Å². The van der Waals surface area contributed by atoms with Crippen molar-refractivity contribution in [2.45, 2.75) is 13.3 Å². The first kappa shape index (κ1) is 9.86. The number of hydrogen-bond donors (Lipinski definition) is 0. The lowest BCUT2D eigenvalue weighted by molar-refractivity contribution is -0.112. The maximum atomic E-state index is 11.6. The Balaban J connectivity index is 2.58. The van der Waals surface area contributed by atoms with Gasteiger partial charge in [-0.1, -0.05) is 6.92 Å². The van der Waals surface area contributed by atoms with Crippen LogP contribution in [0.4, 0.5) is 0 Å². The summed E-state index contributed by atoms with van der Waals surface area (Å²) in [6.45, 7) is 1.87. The van der Waals surface area contributed by atoms with Gasteiger partial charge in [0.2, 0.25) is 5.12 Å². The molecule has 0 aromatic heterocycles. The number of ketones is 1. The molecule has 2 rings (SSSR count). The SMILES string of the molecule is CCC1=C2C(=O)C=C(Br)N=C2SC1=O. The molecular formula is C9H6BrNO2S. The van der Waals surface area contributed by atoms with Gasteiger partial charge >= 0.3 is 0 Å². The maximum absolute atomic E-state index is 11.6. The van der Waals surface area contributed by atoms with Crippen LogP contribution in [0.3, 0.4) is 0 Å². The van der Waals surface area contributed by atoms with Gasteiger partial charge in [0.1, 0.15) is 9.65 Å². The number of carbonyl (C=O) groups excluding carboxylic acids is 2. The van der Waals surface area contributed by atoms with E-state index in [1.807, 2.05) is 6.92 Å². The molecule has 0 radical (unpaired) electrons. The summed E-state index contributed by atoms with van der Waals surface area (Å²) in [5.41, 5.74) is 1.08. The van der Waals surface area contributed by atoms with Gasteiger partial charge < -0.3 is 0 Å². The van der Waals surface area contributed by atoms with Crippen molar-refractivity contribution in [3.8, 4) is 0 Å². The van der Waals surface area contributed by atoms with Gasteiger partial charge in [-0.05, 0) is 34.1 Å². The van der Waals surface area contributed by atoms with E-state index in [1.54, 1.807) is 0 Å². The fraction of sp³-hybridized carbons (Fsp3) is 0.222. The Kier molecular flexibility index (Phi) is 2.45. The third-order valence-electron chi connectivity index (χ3n) is 2.01. The molecule has 0 saturated heterocycles. The van der Waals surface area contributed by atoms with Crippen LogP contribution in [0.2, 0.25) is 0 Å². The first-order valence-electron chi connectivity index (χ1n) is 4.09. The maximum Gasteiger partial charge on any atom is 0.222 e. The Morgan fingerprint density at radius 2 is 2.21 bits per heavy atom. The molecule has 0 aliphatic carbocycles. The van der Waals surface area contributed by atoms with Crippen molar-refractivity contribution in [1.82, 2.24) is 0 Å². The van der Waals surface area contributed by atoms with Crippen LogP contribution in [0.25, 0.3) is 0 Å². The van der Waals surface area contributed by atoms with Crippen molar-refractivity contribution >= 4 is 43.6 Å². The Hall–Kier alpha value is -0.680. The van der Waals surface area contributed by atoms with E-state index in [2.05, 4.69) is 20.9 Å². The number of nitrogens with zero attached hydrogens (tertiary/aromatic N) is 1. The van der Waals surface area contributed by atoms with Gasteiger partial charge in [0, 0.05) is 11.6 Å². The van der Waals surface area contributed by atoms with Crippen LogP contribution in [-0.4, -0.2) is 15.9 Å². The highest BCUT2D eigenvalue weighted by atomic mass is 79.9. The number of fused-ring (bicyclic) bond motifs is 1. The molecule has 0 saturated carbocycles. The number of thioether (sulfide) groups is 1. The zero-order valence-electron chi connectivity index (χ0n) is 7.33. The number of allylic oxidation sites excluding steroid dienone is 1. The first-order chi connectivity index (χ1) is 6.63. The van der Waals surface area contributed by atoms with Crippen molar-refractivity contribution in [3.63, 3.8) is 0 Å². The third-order valence-corrected chi connectivity index (χ3v) is 3.34. The summed E-state index contributed by atoms with van der Waals surface area (Å²) in [5.74, 6) is -0.128. The molecule has 2 heterocycles. The predicted octanol–water partition coefficient (Wildman–Crippen LogP) is 2.18. The van der Waals surface area contributed by atoms with Crippen LogP contribution in [0, 0.1) is 0 Å². The minimum absolute atomic E-state index is 0.0507. The van der Waals surface area contributed by atoms with Crippen LogP contribution < -0.4 is 0 Å². The van der Waals surface area contributed by atoms with Gasteiger partial charge in [-0.15, -0.1) is 0 Å². The van der Waals surface area contributed by atoms with E-state index in [0.717, 1.165) is 11.8 Å². The predicted molar refractivity (Wildman–Crippen MR) is 59.4 cm³/mol. The fourth-order valence-corrected chi connectivity index (χ4v) is 2.91. The molecule has 0 aromatic rings. The van der Waals surface area contributed by atoms with Gasteiger partial charge in [0.25, 0.3) is 0 Å². The Labute approximate surface area is 93.5 Å². The number of rotatable bonds is 1. The summed E-state index contributed by atoms with van der Waals surface area (Å²) in [6, 6.07) is 0. The van der Waals surface area contributed by atoms with Gasteiger partial charge in [-0.3, -0.25) is 9.59 Å². The minimum atomic E-state index is -0.128. The number of aliphatic imine (C=N–C) groups is 1. The molecule has 14 heavy (non-hydrogen) atoms. The largest absolute Gasteiger partial charge is 0.289 e. The van der Waals surface area contributed by atoms with Gasteiger partial charge in [-0.25, -0.2) is 4.99 Å². The monoisotopic (exact) mass is 271 g/mol. The molecule has 0 atom stereocenters. The van der Waals surface area contributed by atoms with E-state index in [4.69, 9.17) is 0 Å². The summed E-state index contributed by atoms with van der Waals surface area (Å²) in [4.78, 5) is 27.1. The second-order valence-corrected chi connectivity index (χ2v) is 4.62.